The first-order chi connectivity index (χ1) is 9.31. The number of nitrogens with one attached hydrogen (secondary N) is 2. The summed E-state index contributed by atoms with van der Waals surface area (Å²) in [5.41, 5.74) is 0. The summed E-state index contributed by atoms with van der Waals surface area (Å²) in [5.74, 6) is 0.909. The smallest absolute Gasteiger partial charge is 0.191 e. The SMILES string of the molecule is CN=C(NCCn1ccnc1)NC1CCC(SC)C1. The van der Waals surface area contributed by atoms with Crippen molar-refractivity contribution in [1.29, 1.82) is 0 Å². The van der Waals surface area contributed by atoms with E-state index in [0.717, 1.165) is 24.3 Å². The van der Waals surface area contributed by atoms with Gasteiger partial charge in [0.2, 0.25) is 0 Å². The molecule has 0 aliphatic heterocycles. The van der Waals surface area contributed by atoms with E-state index in [1.165, 1.54) is 19.3 Å². The second kappa shape index (κ2) is 7.43. The molecule has 2 unspecified atom stereocenters. The number of hydrogen-bond donors (Lipinski definition) is 2. The quantitative estimate of drug-likeness (QED) is 0.631. The minimum Gasteiger partial charge on any atom is -0.355 e. The highest BCUT2D eigenvalue weighted by Gasteiger charge is 2.24. The van der Waals surface area contributed by atoms with Crippen LogP contribution in [0.15, 0.2) is 23.7 Å². The number of hydrogen-bond acceptors (Lipinski definition) is 3. The predicted molar refractivity (Wildman–Crippen MR) is 81.7 cm³/mol. The molecular weight excluding hydrogens is 258 g/mol. The van der Waals surface area contributed by atoms with Gasteiger partial charge in [-0.1, -0.05) is 0 Å². The number of rotatable bonds is 5. The van der Waals surface area contributed by atoms with Gasteiger partial charge in [0, 0.05) is 43.8 Å². The van der Waals surface area contributed by atoms with Crippen LogP contribution in [0.2, 0.25) is 0 Å². The molecule has 2 rings (SSSR count). The fourth-order valence-corrected chi connectivity index (χ4v) is 3.19. The number of imidazole rings is 1. The molecule has 1 aromatic heterocycles. The van der Waals surface area contributed by atoms with E-state index in [1.54, 1.807) is 6.20 Å². The van der Waals surface area contributed by atoms with Gasteiger partial charge in [-0.15, -0.1) is 0 Å². The first kappa shape index (κ1) is 14.2. The van der Waals surface area contributed by atoms with E-state index in [2.05, 4.69) is 31.4 Å². The molecule has 1 aliphatic rings. The number of aromatic nitrogens is 2. The van der Waals surface area contributed by atoms with Crippen LogP contribution in [0, 0.1) is 0 Å². The molecule has 0 saturated heterocycles. The molecule has 6 heteroatoms. The standard InChI is InChI=1S/C13H23N5S/c1-14-13(16-6-8-18-7-5-15-10-18)17-11-3-4-12(9-11)19-2/h5,7,10-12H,3-4,6,8-9H2,1-2H3,(H2,14,16,17). The van der Waals surface area contributed by atoms with Crippen molar-refractivity contribution in [2.45, 2.75) is 37.1 Å². The lowest BCUT2D eigenvalue weighted by Crippen LogP contribution is -2.43. The normalized spacial score (nSPS) is 23.6. The fraction of sp³-hybridized carbons (Fsp3) is 0.692. The van der Waals surface area contributed by atoms with Crippen molar-refractivity contribution >= 4 is 17.7 Å². The maximum absolute atomic E-state index is 4.28. The molecule has 5 nitrogen and oxygen atoms in total. The molecule has 1 fully saturated rings. The Balaban J connectivity index is 1.69. The molecule has 1 aromatic rings. The van der Waals surface area contributed by atoms with E-state index in [1.807, 2.05) is 31.3 Å². The first-order valence-corrected chi connectivity index (χ1v) is 8.06. The van der Waals surface area contributed by atoms with E-state index < -0.39 is 0 Å². The van der Waals surface area contributed by atoms with Crippen molar-refractivity contribution in [3.63, 3.8) is 0 Å². The molecule has 1 saturated carbocycles. The number of guanidine groups is 1. The lowest BCUT2D eigenvalue weighted by Gasteiger charge is -2.17. The topological polar surface area (TPSA) is 54.2 Å². The van der Waals surface area contributed by atoms with Crippen molar-refractivity contribution < 1.29 is 0 Å². The van der Waals surface area contributed by atoms with Crippen molar-refractivity contribution in [3.8, 4) is 0 Å². The largest absolute Gasteiger partial charge is 0.355 e. The summed E-state index contributed by atoms with van der Waals surface area (Å²) in [7, 11) is 1.83. The second-order valence-corrected chi connectivity index (χ2v) is 5.95. The Hall–Kier alpha value is -1.17. The lowest BCUT2D eigenvalue weighted by atomic mass is 10.2. The highest BCUT2D eigenvalue weighted by atomic mass is 32.2. The highest BCUT2D eigenvalue weighted by Crippen LogP contribution is 2.27. The molecule has 2 atom stereocenters. The van der Waals surface area contributed by atoms with E-state index in [4.69, 9.17) is 0 Å². The molecule has 19 heavy (non-hydrogen) atoms. The highest BCUT2D eigenvalue weighted by molar-refractivity contribution is 7.99. The van der Waals surface area contributed by atoms with Gasteiger partial charge in [0.1, 0.15) is 0 Å². The molecule has 1 heterocycles. The lowest BCUT2D eigenvalue weighted by molar-refractivity contribution is 0.602. The van der Waals surface area contributed by atoms with Gasteiger partial charge in [0.15, 0.2) is 5.96 Å². The summed E-state index contributed by atoms with van der Waals surface area (Å²) in [6.45, 7) is 1.76. The molecule has 0 aromatic carbocycles. The summed E-state index contributed by atoms with van der Waals surface area (Å²) in [6, 6.07) is 0.567. The Bertz CT molecular complexity index is 390. The number of nitrogens with zero attached hydrogens (tertiary/aromatic N) is 3. The summed E-state index contributed by atoms with van der Waals surface area (Å²) >= 11 is 1.98. The van der Waals surface area contributed by atoms with Crippen LogP contribution in [0.1, 0.15) is 19.3 Å². The van der Waals surface area contributed by atoms with Gasteiger partial charge in [-0.25, -0.2) is 4.98 Å². The molecule has 106 valence electrons. The monoisotopic (exact) mass is 281 g/mol. The molecule has 2 N–H and O–H groups in total. The van der Waals surface area contributed by atoms with Crippen LogP contribution in [0.4, 0.5) is 0 Å². The molecule has 0 spiro atoms. The van der Waals surface area contributed by atoms with Crippen LogP contribution in [0.25, 0.3) is 0 Å². The molecule has 0 bridgehead atoms. The third kappa shape index (κ3) is 4.45. The van der Waals surface area contributed by atoms with Crippen molar-refractivity contribution in [3.05, 3.63) is 18.7 Å². The molecular formula is C13H23N5S. The van der Waals surface area contributed by atoms with Crippen molar-refractivity contribution in [1.82, 2.24) is 20.2 Å². The maximum Gasteiger partial charge on any atom is 0.191 e. The minimum absolute atomic E-state index is 0.567. The fourth-order valence-electron chi connectivity index (χ4n) is 2.40. The van der Waals surface area contributed by atoms with Gasteiger partial charge < -0.3 is 15.2 Å². The zero-order valence-electron chi connectivity index (χ0n) is 11.7. The summed E-state index contributed by atoms with van der Waals surface area (Å²) in [5, 5.41) is 7.67. The Morgan fingerprint density at radius 1 is 1.53 bits per heavy atom. The van der Waals surface area contributed by atoms with E-state index in [0.29, 0.717) is 6.04 Å². The third-order valence-corrected chi connectivity index (χ3v) is 4.60. The van der Waals surface area contributed by atoms with Gasteiger partial charge in [0.05, 0.1) is 6.33 Å². The number of thioether (sulfide) groups is 1. The van der Waals surface area contributed by atoms with Gasteiger partial charge in [0.25, 0.3) is 0 Å². The second-order valence-electron chi connectivity index (χ2n) is 4.81. The Kier molecular flexibility index (Phi) is 5.57. The maximum atomic E-state index is 4.28. The third-order valence-electron chi connectivity index (χ3n) is 3.50. The van der Waals surface area contributed by atoms with E-state index in [-0.39, 0.29) is 0 Å². The predicted octanol–water partition coefficient (Wildman–Crippen LogP) is 1.33. The zero-order chi connectivity index (χ0) is 13.5. The molecule has 0 amide bonds. The first-order valence-electron chi connectivity index (χ1n) is 6.77. The summed E-state index contributed by atoms with van der Waals surface area (Å²) in [6.07, 6.45) is 11.6. The van der Waals surface area contributed by atoms with Crippen LogP contribution in [-0.4, -0.2) is 46.7 Å². The van der Waals surface area contributed by atoms with Crippen LogP contribution in [0.3, 0.4) is 0 Å². The van der Waals surface area contributed by atoms with Crippen LogP contribution in [-0.2, 0) is 6.54 Å². The molecule has 1 aliphatic carbocycles. The molecule has 0 radical (unpaired) electrons. The summed E-state index contributed by atoms with van der Waals surface area (Å²) < 4.78 is 2.06. The Labute approximate surface area is 119 Å². The van der Waals surface area contributed by atoms with Crippen molar-refractivity contribution in [2.24, 2.45) is 4.99 Å². The van der Waals surface area contributed by atoms with Crippen LogP contribution in [0.5, 0.6) is 0 Å². The zero-order valence-corrected chi connectivity index (χ0v) is 12.5. The van der Waals surface area contributed by atoms with E-state index in [9.17, 15) is 0 Å². The minimum atomic E-state index is 0.567. The van der Waals surface area contributed by atoms with Crippen molar-refractivity contribution in [2.75, 3.05) is 19.8 Å². The Morgan fingerprint density at radius 2 is 2.42 bits per heavy atom. The van der Waals surface area contributed by atoms with Crippen LogP contribution < -0.4 is 10.6 Å². The average molecular weight is 281 g/mol. The van der Waals surface area contributed by atoms with Gasteiger partial charge in [-0.3, -0.25) is 4.99 Å². The number of aliphatic imine (C=N–C) groups is 1. The van der Waals surface area contributed by atoms with E-state index >= 15 is 0 Å². The van der Waals surface area contributed by atoms with Gasteiger partial charge in [-0.2, -0.15) is 11.8 Å². The average Bonchev–Trinajstić information content (AvgIpc) is 3.08. The van der Waals surface area contributed by atoms with Gasteiger partial charge in [-0.05, 0) is 25.5 Å². The van der Waals surface area contributed by atoms with Gasteiger partial charge >= 0.3 is 0 Å². The Morgan fingerprint density at radius 3 is 3.05 bits per heavy atom. The van der Waals surface area contributed by atoms with Crippen LogP contribution >= 0.6 is 11.8 Å². The summed E-state index contributed by atoms with van der Waals surface area (Å²) in [4.78, 5) is 8.31.